The molecule has 1 atom stereocenters. The summed E-state index contributed by atoms with van der Waals surface area (Å²) >= 11 is 0. The lowest BCUT2D eigenvalue weighted by Crippen LogP contribution is -2.18. The van der Waals surface area contributed by atoms with Gasteiger partial charge in [0.25, 0.3) is 0 Å². The summed E-state index contributed by atoms with van der Waals surface area (Å²) in [5.41, 5.74) is 4.96. The molecular formula is C6H9N3O. The molecular weight excluding hydrogens is 130 g/mol. The summed E-state index contributed by atoms with van der Waals surface area (Å²) in [4.78, 5) is 10.4. The smallest absolute Gasteiger partial charge is 0.219 e. The topological polar surface area (TPSA) is 67.8 Å². The first-order chi connectivity index (χ1) is 4.79. The van der Waals surface area contributed by atoms with Gasteiger partial charge in [0.1, 0.15) is 0 Å². The normalized spacial score (nSPS) is 23.0. The van der Waals surface area contributed by atoms with Gasteiger partial charge in [0.2, 0.25) is 5.91 Å². The zero-order chi connectivity index (χ0) is 7.40. The average Bonchev–Trinajstić information content (AvgIpc) is 1.88. The minimum atomic E-state index is -0.320. The van der Waals surface area contributed by atoms with E-state index in [0.717, 1.165) is 6.42 Å². The second-order valence-electron chi connectivity index (χ2n) is 2.18. The highest BCUT2D eigenvalue weighted by atomic mass is 16.1. The highest BCUT2D eigenvalue weighted by Gasteiger charge is 2.09. The Hall–Kier alpha value is -1.19. The summed E-state index contributed by atoms with van der Waals surface area (Å²) in [6.45, 7) is 0. The fraction of sp³-hybridized carbons (Fsp3) is 0.500. The largest absolute Gasteiger partial charge is 0.370 e. The first kappa shape index (κ1) is 6.92. The van der Waals surface area contributed by atoms with Gasteiger partial charge in [-0.2, -0.15) is 10.2 Å². The lowest BCUT2D eigenvalue weighted by atomic mass is 10.1. The van der Waals surface area contributed by atoms with E-state index in [1.54, 1.807) is 6.20 Å². The van der Waals surface area contributed by atoms with Crippen LogP contribution in [0.3, 0.4) is 0 Å². The average molecular weight is 139 g/mol. The molecule has 10 heavy (non-hydrogen) atoms. The van der Waals surface area contributed by atoms with E-state index < -0.39 is 0 Å². The van der Waals surface area contributed by atoms with Crippen LogP contribution in [-0.2, 0) is 4.79 Å². The molecule has 0 aromatic heterocycles. The van der Waals surface area contributed by atoms with Crippen molar-refractivity contribution in [2.24, 2.45) is 16.0 Å². The van der Waals surface area contributed by atoms with Gasteiger partial charge in [0.05, 0.1) is 12.5 Å². The van der Waals surface area contributed by atoms with Crippen molar-refractivity contribution in [1.29, 1.82) is 0 Å². The van der Waals surface area contributed by atoms with Crippen LogP contribution in [0.25, 0.3) is 0 Å². The summed E-state index contributed by atoms with van der Waals surface area (Å²) in [6, 6.07) is -0.0255. The summed E-state index contributed by atoms with van der Waals surface area (Å²) in [5.74, 6) is -0.320. The molecule has 4 nitrogen and oxygen atoms in total. The molecule has 0 bridgehead atoms. The van der Waals surface area contributed by atoms with Crippen molar-refractivity contribution in [1.82, 2.24) is 0 Å². The predicted octanol–water partition coefficient (Wildman–Crippen LogP) is 0.600. The van der Waals surface area contributed by atoms with Gasteiger partial charge in [-0.15, -0.1) is 0 Å². The van der Waals surface area contributed by atoms with Gasteiger partial charge in [-0.3, -0.25) is 4.79 Å². The van der Waals surface area contributed by atoms with Gasteiger partial charge in [-0.25, -0.2) is 0 Å². The van der Waals surface area contributed by atoms with Crippen LogP contribution in [0.15, 0.2) is 22.5 Å². The van der Waals surface area contributed by atoms with E-state index in [-0.39, 0.29) is 11.9 Å². The monoisotopic (exact) mass is 139 g/mol. The molecule has 0 saturated carbocycles. The maximum atomic E-state index is 10.4. The van der Waals surface area contributed by atoms with Crippen molar-refractivity contribution in [3.05, 3.63) is 12.3 Å². The van der Waals surface area contributed by atoms with Crippen molar-refractivity contribution < 1.29 is 4.79 Å². The standard InChI is InChI=1S/C6H9N3O/c7-6(10)4-5-2-1-3-8-9-5/h1,3,5H,2,4H2,(H2,7,10). The molecule has 0 saturated heterocycles. The SMILES string of the molecule is NC(=O)CC1CC=CN=N1. The van der Waals surface area contributed by atoms with Crippen LogP contribution in [0.2, 0.25) is 0 Å². The van der Waals surface area contributed by atoms with Gasteiger partial charge >= 0.3 is 0 Å². The number of carbonyl (C=O) groups is 1. The fourth-order valence-corrected chi connectivity index (χ4v) is 0.801. The summed E-state index contributed by atoms with van der Waals surface area (Å²) < 4.78 is 0. The molecule has 54 valence electrons. The molecule has 1 aliphatic rings. The van der Waals surface area contributed by atoms with Gasteiger partial charge in [0.15, 0.2) is 0 Å². The van der Waals surface area contributed by atoms with Gasteiger partial charge in [-0.1, -0.05) is 6.08 Å². The Balaban J connectivity index is 2.37. The van der Waals surface area contributed by atoms with Crippen molar-refractivity contribution in [2.75, 3.05) is 0 Å². The van der Waals surface area contributed by atoms with Crippen LogP contribution >= 0.6 is 0 Å². The van der Waals surface area contributed by atoms with E-state index >= 15 is 0 Å². The lowest BCUT2D eigenvalue weighted by molar-refractivity contribution is -0.118. The molecule has 2 N–H and O–H groups in total. The Bertz CT molecular complexity index is 185. The van der Waals surface area contributed by atoms with E-state index in [2.05, 4.69) is 10.2 Å². The van der Waals surface area contributed by atoms with E-state index in [0.29, 0.717) is 6.42 Å². The molecule has 0 aromatic rings. The van der Waals surface area contributed by atoms with Crippen LogP contribution in [0.1, 0.15) is 12.8 Å². The van der Waals surface area contributed by atoms with E-state index in [9.17, 15) is 4.79 Å². The summed E-state index contributed by atoms with van der Waals surface area (Å²) in [5, 5.41) is 7.46. The predicted molar refractivity (Wildman–Crippen MR) is 36.2 cm³/mol. The number of azo groups is 1. The van der Waals surface area contributed by atoms with Crippen LogP contribution < -0.4 is 5.73 Å². The quantitative estimate of drug-likeness (QED) is 0.598. The molecule has 1 aliphatic heterocycles. The fourth-order valence-electron chi connectivity index (χ4n) is 0.801. The minimum absolute atomic E-state index is 0.0255. The van der Waals surface area contributed by atoms with Crippen molar-refractivity contribution in [3.8, 4) is 0 Å². The number of nitrogens with two attached hydrogens (primary N) is 1. The van der Waals surface area contributed by atoms with Gasteiger partial charge in [0, 0.05) is 6.20 Å². The van der Waals surface area contributed by atoms with Crippen LogP contribution in [0.5, 0.6) is 0 Å². The highest BCUT2D eigenvalue weighted by molar-refractivity contribution is 5.74. The summed E-state index contributed by atoms with van der Waals surface area (Å²) in [6.07, 6.45) is 4.57. The number of rotatable bonds is 2. The lowest BCUT2D eigenvalue weighted by Gasteiger charge is -2.06. The third-order valence-corrected chi connectivity index (χ3v) is 1.25. The number of amides is 1. The third kappa shape index (κ3) is 1.97. The number of carbonyl (C=O) groups excluding carboxylic acids is 1. The maximum absolute atomic E-state index is 10.4. The molecule has 1 amide bonds. The Morgan fingerprint density at radius 1 is 1.80 bits per heavy atom. The Kier molecular flexibility index (Phi) is 2.15. The molecule has 0 aromatic carbocycles. The van der Waals surface area contributed by atoms with E-state index in [1.807, 2.05) is 6.08 Å². The van der Waals surface area contributed by atoms with E-state index in [4.69, 9.17) is 5.73 Å². The number of primary amides is 1. The van der Waals surface area contributed by atoms with Crippen molar-refractivity contribution in [2.45, 2.75) is 18.9 Å². The molecule has 0 fully saturated rings. The molecule has 1 rings (SSSR count). The number of hydrogen-bond acceptors (Lipinski definition) is 3. The van der Waals surface area contributed by atoms with Gasteiger partial charge in [-0.05, 0) is 6.42 Å². The number of nitrogens with zero attached hydrogens (tertiary/aromatic N) is 2. The molecule has 1 unspecified atom stereocenters. The van der Waals surface area contributed by atoms with E-state index in [1.165, 1.54) is 0 Å². The first-order valence-corrected chi connectivity index (χ1v) is 3.12. The van der Waals surface area contributed by atoms with Crippen LogP contribution in [-0.4, -0.2) is 11.9 Å². The Labute approximate surface area is 58.8 Å². The first-order valence-electron chi connectivity index (χ1n) is 3.12. The maximum Gasteiger partial charge on any atom is 0.219 e. The zero-order valence-corrected chi connectivity index (χ0v) is 5.53. The molecule has 0 aliphatic carbocycles. The molecule has 4 heteroatoms. The zero-order valence-electron chi connectivity index (χ0n) is 5.53. The highest BCUT2D eigenvalue weighted by Crippen LogP contribution is 2.09. The minimum Gasteiger partial charge on any atom is -0.370 e. The summed E-state index contributed by atoms with van der Waals surface area (Å²) in [7, 11) is 0. The van der Waals surface area contributed by atoms with Crippen LogP contribution in [0, 0.1) is 0 Å². The number of hydrogen-bond donors (Lipinski definition) is 1. The van der Waals surface area contributed by atoms with Crippen molar-refractivity contribution >= 4 is 5.91 Å². The van der Waals surface area contributed by atoms with Crippen molar-refractivity contribution in [3.63, 3.8) is 0 Å². The molecule has 1 heterocycles. The Morgan fingerprint density at radius 2 is 2.60 bits per heavy atom. The second-order valence-corrected chi connectivity index (χ2v) is 2.18. The third-order valence-electron chi connectivity index (χ3n) is 1.25. The van der Waals surface area contributed by atoms with Crippen LogP contribution in [0.4, 0.5) is 0 Å². The molecule has 0 radical (unpaired) electrons. The Morgan fingerprint density at radius 3 is 3.10 bits per heavy atom. The second kappa shape index (κ2) is 3.10. The van der Waals surface area contributed by atoms with Gasteiger partial charge < -0.3 is 5.73 Å². The molecule has 0 spiro atoms.